The standard InChI is InChI=1S/C17H24N4S.HI/c1-3-15-12-20-16(22-15)13-21-17(18-2)19-11-7-10-14-8-5-4-6-9-14;/h4-6,8-9,12H,3,7,10-11,13H2,1-2H3,(H2,18,19,21);1H. The number of benzene rings is 1. The first-order valence-electron chi connectivity index (χ1n) is 7.74. The molecule has 0 atom stereocenters. The van der Waals surface area contributed by atoms with Gasteiger partial charge in [-0.05, 0) is 24.8 Å². The van der Waals surface area contributed by atoms with E-state index in [2.05, 4.69) is 57.9 Å². The van der Waals surface area contributed by atoms with Crippen LogP contribution in [0.5, 0.6) is 0 Å². The van der Waals surface area contributed by atoms with Gasteiger partial charge in [-0.25, -0.2) is 4.98 Å². The molecule has 0 amide bonds. The second kappa shape index (κ2) is 11.4. The van der Waals surface area contributed by atoms with E-state index in [0.717, 1.165) is 43.3 Å². The largest absolute Gasteiger partial charge is 0.356 e. The molecule has 0 fully saturated rings. The predicted octanol–water partition coefficient (Wildman–Crippen LogP) is 3.62. The highest BCUT2D eigenvalue weighted by atomic mass is 127. The second-order valence-electron chi connectivity index (χ2n) is 5.02. The first-order chi connectivity index (χ1) is 10.8. The van der Waals surface area contributed by atoms with Gasteiger partial charge in [0.15, 0.2) is 5.96 Å². The summed E-state index contributed by atoms with van der Waals surface area (Å²) in [5.41, 5.74) is 1.38. The molecule has 2 aromatic rings. The summed E-state index contributed by atoms with van der Waals surface area (Å²) in [5.74, 6) is 0.835. The summed E-state index contributed by atoms with van der Waals surface area (Å²) in [4.78, 5) is 9.97. The number of nitrogens with one attached hydrogen (secondary N) is 2. The molecule has 1 aromatic heterocycles. The van der Waals surface area contributed by atoms with E-state index in [1.807, 2.05) is 6.20 Å². The minimum Gasteiger partial charge on any atom is -0.356 e. The van der Waals surface area contributed by atoms with E-state index in [-0.39, 0.29) is 24.0 Å². The third kappa shape index (κ3) is 7.30. The van der Waals surface area contributed by atoms with Crippen LogP contribution >= 0.6 is 35.3 Å². The van der Waals surface area contributed by atoms with Crippen LogP contribution in [0.25, 0.3) is 0 Å². The van der Waals surface area contributed by atoms with Gasteiger partial charge in [0.2, 0.25) is 0 Å². The zero-order valence-corrected chi connectivity index (χ0v) is 16.9. The Labute approximate surface area is 159 Å². The summed E-state index contributed by atoms with van der Waals surface area (Å²) in [6, 6.07) is 10.6. The molecule has 1 aromatic carbocycles. The topological polar surface area (TPSA) is 49.3 Å². The normalized spacial score (nSPS) is 11.0. The number of rotatable bonds is 7. The lowest BCUT2D eigenvalue weighted by atomic mass is 10.1. The van der Waals surface area contributed by atoms with Crippen LogP contribution in [-0.4, -0.2) is 24.5 Å². The zero-order chi connectivity index (χ0) is 15.6. The lowest BCUT2D eigenvalue weighted by Crippen LogP contribution is -2.37. The van der Waals surface area contributed by atoms with E-state index < -0.39 is 0 Å². The van der Waals surface area contributed by atoms with Crippen LogP contribution in [-0.2, 0) is 19.4 Å². The average Bonchev–Trinajstić information content (AvgIpc) is 3.03. The van der Waals surface area contributed by atoms with Crippen LogP contribution in [0.15, 0.2) is 41.5 Å². The maximum Gasteiger partial charge on any atom is 0.191 e. The molecule has 0 unspecified atom stereocenters. The molecular formula is C17H25IN4S. The van der Waals surface area contributed by atoms with Gasteiger partial charge in [0, 0.05) is 24.7 Å². The third-order valence-corrected chi connectivity index (χ3v) is 4.50. The summed E-state index contributed by atoms with van der Waals surface area (Å²) in [6.07, 6.45) is 5.17. The van der Waals surface area contributed by atoms with Crippen molar-refractivity contribution in [1.29, 1.82) is 0 Å². The smallest absolute Gasteiger partial charge is 0.191 e. The molecule has 126 valence electrons. The first kappa shape index (κ1) is 19.9. The highest BCUT2D eigenvalue weighted by Gasteiger charge is 2.02. The van der Waals surface area contributed by atoms with Crippen LogP contribution < -0.4 is 10.6 Å². The number of aliphatic imine (C=N–C) groups is 1. The fourth-order valence-corrected chi connectivity index (χ4v) is 2.92. The Morgan fingerprint density at radius 2 is 2.00 bits per heavy atom. The zero-order valence-electron chi connectivity index (χ0n) is 13.7. The third-order valence-electron chi connectivity index (χ3n) is 3.36. The van der Waals surface area contributed by atoms with Crippen molar-refractivity contribution in [2.75, 3.05) is 13.6 Å². The van der Waals surface area contributed by atoms with Crippen molar-refractivity contribution in [1.82, 2.24) is 15.6 Å². The molecule has 1 heterocycles. The van der Waals surface area contributed by atoms with Crippen molar-refractivity contribution in [3.8, 4) is 0 Å². The van der Waals surface area contributed by atoms with Crippen molar-refractivity contribution in [2.45, 2.75) is 32.7 Å². The molecule has 2 N–H and O–H groups in total. The van der Waals surface area contributed by atoms with Crippen molar-refractivity contribution >= 4 is 41.3 Å². The van der Waals surface area contributed by atoms with Gasteiger partial charge < -0.3 is 10.6 Å². The van der Waals surface area contributed by atoms with Crippen LogP contribution in [0, 0.1) is 0 Å². The van der Waals surface area contributed by atoms with Gasteiger partial charge in [-0.15, -0.1) is 35.3 Å². The van der Waals surface area contributed by atoms with Gasteiger partial charge >= 0.3 is 0 Å². The summed E-state index contributed by atoms with van der Waals surface area (Å²) >= 11 is 1.75. The van der Waals surface area contributed by atoms with Gasteiger partial charge in [0.1, 0.15) is 5.01 Å². The number of hydrogen-bond acceptors (Lipinski definition) is 3. The molecule has 0 aliphatic carbocycles. The maximum atomic E-state index is 4.40. The molecule has 0 radical (unpaired) electrons. The second-order valence-corrected chi connectivity index (χ2v) is 6.22. The van der Waals surface area contributed by atoms with E-state index in [9.17, 15) is 0 Å². The van der Waals surface area contributed by atoms with Crippen LogP contribution in [0.4, 0.5) is 0 Å². The highest BCUT2D eigenvalue weighted by Crippen LogP contribution is 2.12. The first-order valence-corrected chi connectivity index (χ1v) is 8.55. The van der Waals surface area contributed by atoms with Crippen LogP contribution in [0.2, 0.25) is 0 Å². The minimum absolute atomic E-state index is 0. The summed E-state index contributed by atoms with van der Waals surface area (Å²) in [5, 5.41) is 7.76. The fraction of sp³-hybridized carbons (Fsp3) is 0.412. The van der Waals surface area contributed by atoms with Gasteiger partial charge in [0.25, 0.3) is 0 Å². The minimum atomic E-state index is 0. The Balaban J connectivity index is 0.00000264. The van der Waals surface area contributed by atoms with Crippen molar-refractivity contribution in [3.05, 3.63) is 52.0 Å². The number of halogens is 1. The van der Waals surface area contributed by atoms with Crippen LogP contribution in [0.3, 0.4) is 0 Å². The number of guanidine groups is 1. The molecule has 4 nitrogen and oxygen atoms in total. The maximum absolute atomic E-state index is 4.40. The van der Waals surface area contributed by atoms with Gasteiger partial charge in [-0.3, -0.25) is 4.99 Å². The quantitative estimate of drug-likeness (QED) is 0.297. The Morgan fingerprint density at radius 3 is 2.65 bits per heavy atom. The van der Waals surface area contributed by atoms with E-state index in [4.69, 9.17) is 0 Å². The predicted molar refractivity (Wildman–Crippen MR) is 110 cm³/mol. The summed E-state index contributed by atoms with van der Waals surface area (Å²) in [7, 11) is 1.80. The molecule has 6 heteroatoms. The molecular weight excluding hydrogens is 419 g/mol. The Bertz CT molecular complexity index is 583. The number of hydrogen-bond donors (Lipinski definition) is 2. The highest BCUT2D eigenvalue weighted by molar-refractivity contribution is 14.0. The molecule has 0 saturated carbocycles. The Kier molecular flexibility index (Phi) is 9.86. The molecule has 0 spiro atoms. The molecule has 23 heavy (non-hydrogen) atoms. The Hall–Kier alpha value is -1.15. The van der Waals surface area contributed by atoms with Crippen LogP contribution in [0.1, 0.15) is 28.8 Å². The molecule has 2 rings (SSSR count). The number of aromatic nitrogens is 1. The molecule has 0 saturated heterocycles. The monoisotopic (exact) mass is 444 g/mol. The number of aryl methyl sites for hydroxylation is 2. The lowest BCUT2D eigenvalue weighted by Gasteiger charge is -2.10. The van der Waals surface area contributed by atoms with Gasteiger partial charge in [0.05, 0.1) is 6.54 Å². The van der Waals surface area contributed by atoms with E-state index in [0.29, 0.717) is 0 Å². The molecule has 0 bridgehead atoms. The van der Waals surface area contributed by atoms with Crippen molar-refractivity contribution in [3.63, 3.8) is 0 Å². The number of nitrogens with zero attached hydrogens (tertiary/aromatic N) is 2. The van der Waals surface area contributed by atoms with E-state index >= 15 is 0 Å². The van der Waals surface area contributed by atoms with E-state index in [1.165, 1.54) is 10.4 Å². The van der Waals surface area contributed by atoms with Gasteiger partial charge in [-0.1, -0.05) is 37.3 Å². The van der Waals surface area contributed by atoms with Crippen molar-refractivity contribution in [2.24, 2.45) is 4.99 Å². The summed E-state index contributed by atoms with van der Waals surface area (Å²) < 4.78 is 0. The average molecular weight is 444 g/mol. The molecule has 0 aliphatic rings. The van der Waals surface area contributed by atoms with Crippen molar-refractivity contribution < 1.29 is 0 Å². The number of thiazole rings is 1. The fourth-order valence-electron chi connectivity index (χ4n) is 2.12. The Morgan fingerprint density at radius 1 is 1.22 bits per heavy atom. The summed E-state index contributed by atoms with van der Waals surface area (Å²) in [6.45, 7) is 3.79. The van der Waals surface area contributed by atoms with Gasteiger partial charge in [-0.2, -0.15) is 0 Å². The van der Waals surface area contributed by atoms with E-state index in [1.54, 1.807) is 18.4 Å². The lowest BCUT2D eigenvalue weighted by molar-refractivity contribution is 0.741. The SMILES string of the molecule is CCc1cnc(CNC(=NC)NCCCc2ccccc2)s1.I. The molecule has 0 aliphatic heterocycles.